The third-order valence-corrected chi connectivity index (χ3v) is 4.35. The number of hydrogen-bond acceptors (Lipinski definition) is 5. The number of nitriles is 1. The molecular formula is C13H19N3OS2. The maximum absolute atomic E-state index is 11.7. The van der Waals surface area contributed by atoms with Crippen LogP contribution in [0.3, 0.4) is 0 Å². The largest absolute Gasteiger partial charge is 0.330 e. The summed E-state index contributed by atoms with van der Waals surface area (Å²) in [7, 11) is 0. The molecule has 0 bridgehead atoms. The van der Waals surface area contributed by atoms with Gasteiger partial charge in [-0.3, -0.25) is 4.79 Å². The van der Waals surface area contributed by atoms with Crippen LogP contribution in [0.25, 0.3) is 0 Å². The quantitative estimate of drug-likeness (QED) is 0.819. The lowest BCUT2D eigenvalue weighted by molar-refractivity contribution is -0.113. The van der Waals surface area contributed by atoms with Gasteiger partial charge in [-0.05, 0) is 16.4 Å². The van der Waals surface area contributed by atoms with Crippen LogP contribution in [0.2, 0.25) is 0 Å². The standard InChI is InChI=1S/C13H19N3OS2/c1-13(2,3)10-7-19-12(9(10)6-15)16-11(17)8-18-5-4-14/h7H,4-5,8,14H2,1-3H3,(H,16,17). The van der Waals surface area contributed by atoms with E-state index in [4.69, 9.17) is 5.73 Å². The van der Waals surface area contributed by atoms with Gasteiger partial charge >= 0.3 is 0 Å². The molecule has 1 heterocycles. The van der Waals surface area contributed by atoms with Crippen LogP contribution in [-0.2, 0) is 10.2 Å². The Balaban J connectivity index is 2.78. The Hall–Kier alpha value is -1.03. The van der Waals surface area contributed by atoms with Crippen LogP contribution in [0.15, 0.2) is 5.38 Å². The lowest BCUT2D eigenvalue weighted by Gasteiger charge is -2.17. The Morgan fingerprint density at radius 1 is 1.58 bits per heavy atom. The summed E-state index contributed by atoms with van der Waals surface area (Å²) in [4.78, 5) is 11.7. The van der Waals surface area contributed by atoms with Crippen molar-refractivity contribution < 1.29 is 4.79 Å². The van der Waals surface area contributed by atoms with Crippen molar-refractivity contribution in [2.24, 2.45) is 5.73 Å². The molecule has 0 aromatic carbocycles. The van der Waals surface area contributed by atoms with Gasteiger partial charge in [-0.15, -0.1) is 11.3 Å². The van der Waals surface area contributed by atoms with Crippen LogP contribution in [-0.4, -0.2) is 24.0 Å². The topological polar surface area (TPSA) is 78.9 Å². The molecular weight excluding hydrogens is 278 g/mol. The number of anilines is 1. The van der Waals surface area contributed by atoms with E-state index in [9.17, 15) is 10.1 Å². The number of nitrogens with zero attached hydrogens (tertiary/aromatic N) is 1. The number of hydrogen-bond donors (Lipinski definition) is 2. The van der Waals surface area contributed by atoms with Gasteiger partial charge in [0.05, 0.1) is 11.3 Å². The number of nitrogens with two attached hydrogens (primary N) is 1. The molecule has 0 aliphatic carbocycles. The van der Waals surface area contributed by atoms with E-state index in [0.29, 0.717) is 22.9 Å². The van der Waals surface area contributed by atoms with E-state index in [1.54, 1.807) is 0 Å². The van der Waals surface area contributed by atoms with E-state index in [1.165, 1.54) is 23.1 Å². The monoisotopic (exact) mass is 297 g/mol. The van der Waals surface area contributed by atoms with E-state index in [2.05, 4.69) is 32.2 Å². The zero-order chi connectivity index (χ0) is 14.5. The summed E-state index contributed by atoms with van der Waals surface area (Å²) in [5.74, 6) is 1.04. The Morgan fingerprint density at radius 3 is 2.79 bits per heavy atom. The summed E-state index contributed by atoms with van der Waals surface area (Å²) < 4.78 is 0. The molecule has 6 heteroatoms. The van der Waals surface area contributed by atoms with Crippen LogP contribution < -0.4 is 11.1 Å². The van der Waals surface area contributed by atoms with E-state index in [-0.39, 0.29) is 11.3 Å². The first-order chi connectivity index (χ1) is 8.90. The van der Waals surface area contributed by atoms with Crippen molar-refractivity contribution in [3.05, 3.63) is 16.5 Å². The van der Waals surface area contributed by atoms with Crippen LogP contribution in [0.1, 0.15) is 31.9 Å². The highest BCUT2D eigenvalue weighted by molar-refractivity contribution is 7.99. The maximum Gasteiger partial charge on any atom is 0.235 e. The number of nitrogens with one attached hydrogen (secondary N) is 1. The van der Waals surface area contributed by atoms with Gasteiger partial charge in [0.2, 0.25) is 5.91 Å². The fourth-order valence-electron chi connectivity index (χ4n) is 1.52. The second-order valence-corrected chi connectivity index (χ2v) is 7.09. The summed E-state index contributed by atoms with van der Waals surface area (Å²) in [5, 5.41) is 14.7. The van der Waals surface area contributed by atoms with Gasteiger partial charge < -0.3 is 11.1 Å². The van der Waals surface area contributed by atoms with Gasteiger partial charge in [0, 0.05) is 12.3 Å². The molecule has 19 heavy (non-hydrogen) atoms. The first-order valence-electron chi connectivity index (χ1n) is 6.00. The second kappa shape index (κ2) is 6.94. The van der Waals surface area contributed by atoms with Crippen LogP contribution in [0.4, 0.5) is 5.00 Å². The Bertz CT molecular complexity index is 483. The predicted octanol–water partition coefficient (Wildman–Crippen LogP) is 2.55. The summed E-state index contributed by atoms with van der Waals surface area (Å²) in [5.41, 5.74) is 6.83. The molecule has 0 saturated carbocycles. The predicted molar refractivity (Wildman–Crippen MR) is 82.7 cm³/mol. The van der Waals surface area contributed by atoms with Gasteiger partial charge in [-0.1, -0.05) is 20.8 Å². The highest BCUT2D eigenvalue weighted by atomic mass is 32.2. The number of thiophene rings is 1. The molecule has 1 rings (SSSR count). The first kappa shape index (κ1) is 16.0. The smallest absolute Gasteiger partial charge is 0.235 e. The van der Waals surface area contributed by atoms with Crippen molar-refractivity contribution in [3.63, 3.8) is 0 Å². The number of thioether (sulfide) groups is 1. The SMILES string of the molecule is CC(C)(C)c1csc(NC(=O)CSCCN)c1C#N. The molecule has 104 valence electrons. The molecule has 0 fully saturated rings. The second-order valence-electron chi connectivity index (χ2n) is 5.10. The normalized spacial score (nSPS) is 11.1. The molecule has 4 nitrogen and oxygen atoms in total. The van der Waals surface area contributed by atoms with Crippen LogP contribution in [0, 0.1) is 11.3 Å². The lowest BCUT2D eigenvalue weighted by atomic mass is 9.86. The van der Waals surface area contributed by atoms with E-state index in [0.717, 1.165) is 11.3 Å². The number of amides is 1. The van der Waals surface area contributed by atoms with Gasteiger partial charge in [0.15, 0.2) is 0 Å². The highest BCUT2D eigenvalue weighted by Crippen LogP contribution is 2.35. The number of rotatable bonds is 5. The van der Waals surface area contributed by atoms with Crippen LogP contribution >= 0.6 is 23.1 Å². The van der Waals surface area contributed by atoms with Crippen molar-refractivity contribution in [2.45, 2.75) is 26.2 Å². The van der Waals surface area contributed by atoms with Crippen molar-refractivity contribution >= 4 is 34.0 Å². The van der Waals surface area contributed by atoms with E-state index < -0.39 is 0 Å². The Morgan fingerprint density at radius 2 is 2.26 bits per heavy atom. The molecule has 0 aliphatic heterocycles. The van der Waals surface area contributed by atoms with Crippen LogP contribution in [0.5, 0.6) is 0 Å². The van der Waals surface area contributed by atoms with Crippen molar-refractivity contribution in [3.8, 4) is 6.07 Å². The summed E-state index contributed by atoms with van der Waals surface area (Å²) in [6.07, 6.45) is 0. The highest BCUT2D eigenvalue weighted by Gasteiger charge is 2.23. The molecule has 3 N–H and O–H groups in total. The fraction of sp³-hybridized carbons (Fsp3) is 0.538. The molecule has 1 amide bonds. The molecule has 1 aromatic heterocycles. The van der Waals surface area contributed by atoms with E-state index >= 15 is 0 Å². The fourth-order valence-corrected chi connectivity index (χ4v) is 3.25. The lowest BCUT2D eigenvalue weighted by Crippen LogP contribution is -2.16. The third-order valence-electron chi connectivity index (χ3n) is 2.46. The summed E-state index contributed by atoms with van der Waals surface area (Å²) >= 11 is 2.90. The van der Waals surface area contributed by atoms with Crippen molar-refractivity contribution in [1.82, 2.24) is 0 Å². The van der Waals surface area contributed by atoms with E-state index in [1.807, 2.05) is 5.38 Å². The summed E-state index contributed by atoms with van der Waals surface area (Å²) in [6, 6.07) is 2.19. The molecule has 1 aromatic rings. The minimum Gasteiger partial charge on any atom is -0.330 e. The first-order valence-corrected chi connectivity index (χ1v) is 8.03. The molecule has 0 aliphatic rings. The molecule has 0 spiro atoms. The maximum atomic E-state index is 11.7. The Labute approximate surface area is 122 Å². The zero-order valence-corrected chi connectivity index (χ0v) is 13.1. The third kappa shape index (κ3) is 4.53. The number of carbonyl (C=O) groups is 1. The minimum atomic E-state index is -0.0984. The molecule has 0 unspecified atom stereocenters. The minimum absolute atomic E-state index is 0.0859. The number of carbonyl (C=O) groups excluding carboxylic acids is 1. The zero-order valence-electron chi connectivity index (χ0n) is 11.4. The summed E-state index contributed by atoms with van der Waals surface area (Å²) in [6.45, 7) is 6.73. The van der Waals surface area contributed by atoms with Gasteiger partial charge in [-0.2, -0.15) is 17.0 Å². The van der Waals surface area contributed by atoms with Crippen molar-refractivity contribution in [2.75, 3.05) is 23.4 Å². The molecule has 0 atom stereocenters. The molecule has 0 saturated heterocycles. The van der Waals surface area contributed by atoms with Gasteiger partial charge in [0.25, 0.3) is 0 Å². The average Bonchev–Trinajstić information content (AvgIpc) is 2.72. The van der Waals surface area contributed by atoms with Crippen molar-refractivity contribution in [1.29, 1.82) is 5.26 Å². The molecule has 0 radical (unpaired) electrons. The average molecular weight is 297 g/mol. The van der Waals surface area contributed by atoms with Gasteiger partial charge in [-0.25, -0.2) is 0 Å². The Kier molecular flexibility index (Phi) is 5.85. The van der Waals surface area contributed by atoms with Gasteiger partial charge in [0.1, 0.15) is 11.1 Å².